The highest BCUT2D eigenvalue weighted by atomic mass is 35.5. The molecule has 1 aliphatic heterocycles. The zero-order valence-electron chi connectivity index (χ0n) is 11.7. The topological polar surface area (TPSA) is 33.2 Å². The molecule has 0 fully saturated rings. The summed E-state index contributed by atoms with van der Waals surface area (Å²) in [5.74, 6) is 0.299. The van der Waals surface area contributed by atoms with Crippen LogP contribution < -0.4 is 4.90 Å². The van der Waals surface area contributed by atoms with Gasteiger partial charge in [-0.05, 0) is 43.2 Å². The highest BCUT2D eigenvalue weighted by Crippen LogP contribution is 2.42. The minimum atomic E-state index is -0.455. The minimum Gasteiger partial charge on any atom is -0.297 e. The highest BCUT2D eigenvalue weighted by Gasteiger charge is 2.43. The molecular formula is C16H14Cl2N2O. The monoisotopic (exact) mass is 320 g/mol. The first-order valence-corrected chi connectivity index (χ1v) is 7.51. The van der Waals surface area contributed by atoms with E-state index in [0.29, 0.717) is 16.5 Å². The van der Waals surface area contributed by atoms with Crippen LogP contribution >= 0.6 is 23.2 Å². The minimum absolute atomic E-state index is 0.0639. The van der Waals surface area contributed by atoms with Crippen LogP contribution in [0.3, 0.4) is 0 Å². The molecule has 1 aromatic heterocycles. The van der Waals surface area contributed by atoms with Crippen molar-refractivity contribution in [1.29, 1.82) is 0 Å². The van der Waals surface area contributed by atoms with Crippen molar-refractivity contribution in [2.45, 2.75) is 25.3 Å². The lowest BCUT2D eigenvalue weighted by atomic mass is 9.93. The summed E-state index contributed by atoms with van der Waals surface area (Å²) in [6.07, 6.45) is 3.39. The lowest BCUT2D eigenvalue weighted by Gasteiger charge is -2.32. The third-order valence-corrected chi connectivity index (χ3v) is 4.37. The van der Waals surface area contributed by atoms with Gasteiger partial charge in [0.25, 0.3) is 5.91 Å². The van der Waals surface area contributed by atoms with Crippen molar-refractivity contribution in [3.05, 3.63) is 58.4 Å². The molecule has 3 nitrogen and oxygen atoms in total. The number of anilines is 1. The number of carbonyl (C=O) groups is 1. The molecule has 21 heavy (non-hydrogen) atoms. The van der Waals surface area contributed by atoms with Gasteiger partial charge >= 0.3 is 0 Å². The van der Waals surface area contributed by atoms with Crippen molar-refractivity contribution < 1.29 is 4.79 Å². The number of hydrogen-bond donors (Lipinski definition) is 0. The van der Waals surface area contributed by atoms with E-state index < -0.39 is 5.54 Å². The van der Waals surface area contributed by atoms with Gasteiger partial charge in [0.1, 0.15) is 0 Å². The maximum Gasteiger partial charge on any atom is 0.259 e. The van der Waals surface area contributed by atoms with Gasteiger partial charge in [-0.15, -0.1) is 11.6 Å². The number of benzene rings is 1. The summed E-state index contributed by atoms with van der Waals surface area (Å²) < 4.78 is 0. The van der Waals surface area contributed by atoms with Crippen LogP contribution in [-0.2, 0) is 11.4 Å². The average molecular weight is 321 g/mol. The number of alkyl halides is 1. The Hall–Kier alpha value is -1.58. The summed E-state index contributed by atoms with van der Waals surface area (Å²) in [7, 11) is 0. The zero-order chi connectivity index (χ0) is 15.2. The van der Waals surface area contributed by atoms with Crippen LogP contribution in [0.4, 0.5) is 5.69 Å². The molecule has 5 heteroatoms. The molecule has 0 saturated heterocycles. The lowest BCUT2D eigenvalue weighted by molar-refractivity contribution is 0.0982. The van der Waals surface area contributed by atoms with E-state index in [1.165, 1.54) is 0 Å². The van der Waals surface area contributed by atoms with Gasteiger partial charge in [0.05, 0.1) is 17.4 Å². The lowest BCUT2D eigenvalue weighted by Crippen LogP contribution is -2.39. The molecule has 108 valence electrons. The fourth-order valence-electron chi connectivity index (χ4n) is 2.83. The van der Waals surface area contributed by atoms with E-state index in [1.807, 2.05) is 32.0 Å². The summed E-state index contributed by atoms with van der Waals surface area (Å²) in [6, 6.07) is 7.34. The molecule has 0 aliphatic carbocycles. The Labute approximate surface area is 133 Å². The van der Waals surface area contributed by atoms with E-state index in [0.717, 1.165) is 16.8 Å². The Balaban J connectivity index is 2.14. The normalized spacial score (nSPS) is 16.2. The van der Waals surface area contributed by atoms with Crippen LogP contribution in [-0.4, -0.2) is 10.9 Å². The summed E-state index contributed by atoms with van der Waals surface area (Å²) >= 11 is 11.9. The summed E-state index contributed by atoms with van der Waals surface area (Å²) in [5.41, 5.74) is 2.78. The highest BCUT2D eigenvalue weighted by molar-refractivity contribution is 6.31. The Kier molecular flexibility index (Phi) is 3.42. The average Bonchev–Trinajstić information content (AvgIpc) is 2.65. The molecule has 0 bridgehead atoms. The number of carbonyl (C=O) groups excluding carboxylic acids is 1. The smallest absolute Gasteiger partial charge is 0.259 e. The van der Waals surface area contributed by atoms with Gasteiger partial charge in [-0.25, -0.2) is 0 Å². The van der Waals surface area contributed by atoms with Gasteiger partial charge in [-0.3, -0.25) is 14.7 Å². The van der Waals surface area contributed by atoms with E-state index in [2.05, 4.69) is 4.98 Å². The Morgan fingerprint density at radius 3 is 2.71 bits per heavy atom. The number of fused-ring (bicyclic) bond motifs is 1. The molecule has 1 aromatic carbocycles. The predicted molar refractivity (Wildman–Crippen MR) is 85.1 cm³/mol. The third kappa shape index (κ3) is 2.21. The molecule has 0 unspecified atom stereocenters. The van der Waals surface area contributed by atoms with E-state index in [9.17, 15) is 4.79 Å². The van der Waals surface area contributed by atoms with E-state index in [-0.39, 0.29) is 5.91 Å². The molecule has 0 spiro atoms. The first-order valence-electron chi connectivity index (χ1n) is 6.59. The van der Waals surface area contributed by atoms with Crippen LogP contribution in [0.1, 0.15) is 35.3 Å². The van der Waals surface area contributed by atoms with Crippen molar-refractivity contribution in [3.63, 3.8) is 0 Å². The quantitative estimate of drug-likeness (QED) is 0.770. The number of nitrogens with zero attached hydrogens (tertiary/aromatic N) is 2. The van der Waals surface area contributed by atoms with Gasteiger partial charge in [0, 0.05) is 22.7 Å². The van der Waals surface area contributed by atoms with Gasteiger partial charge in [-0.1, -0.05) is 17.7 Å². The Morgan fingerprint density at radius 1 is 1.24 bits per heavy atom. The second-order valence-electron chi connectivity index (χ2n) is 5.57. The van der Waals surface area contributed by atoms with E-state index in [1.54, 1.807) is 23.4 Å². The molecule has 2 heterocycles. The summed E-state index contributed by atoms with van der Waals surface area (Å²) in [4.78, 5) is 18.7. The maximum absolute atomic E-state index is 12.8. The summed E-state index contributed by atoms with van der Waals surface area (Å²) in [6.45, 7) is 4.02. The van der Waals surface area contributed by atoms with Crippen molar-refractivity contribution in [1.82, 2.24) is 4.98 Å². The molecule has 3 rings (SSSR count). The van der Waals surface area contributed by atoms with Gasteiger partial charge in [0.15, 0.2) is 0 Å². The van der Waals surface area contributed by atoms with Crippen LogP contribution in [0.25, 0.3) is 0 Å². The van der Waals surface area contributed by atoms with Gasteiger partial charge in [-0.2, -0.15) is 0 Å². The van der Waals surface area contributed by atoms with Crippen molar-refractivity contribution in [3.8, 4) is 0 Å². The first-order chi connectivity index (χ1) is 9.95. The second kappa shape index (κ2) is 5.00. The zero-order valence-corrected chi connectivity index (χ0v) is 13.2. The molecule has 0 saturated carbocycles. The molecule has 1 amide bonds. The Bertz CT molecular complexity index is 728. The number of rotatable bonds is 2. The molecule has 0 atom stereocenters. The number of amides is 1. The van der Waals surface area contributed by atoms with E-state index in [4.69, 9.17) is 23.2 Å². The number of pyridine rings is 1. The fraction of sp³-hybridized carbons (Fsp3) is 0.250. The first kappa shape index (κ1) is 14.4. The summed E-state index contributed by atoms with van der Waals surface area (Å²) in [5, 5.41) is 0.562. The molecule has 2 aromatic rings. The molecular weight excluding hydrogens is 307 g/mol. The number of hydrogen-bond acceptors (Lipinski definition) is 2. The predicted octanol–water partition coefficient (Wildman–Crippen LogP) is 4.37. The number of halogens is 2. The maximum atomic E-state index is 12.8. The molecule has 1 aliphatic rings. The van der Waals surface area contributed by atoms with Crippen LogP contribution in [0.15, 0.2) is 36.7 Å². The van der Waals surface area contributed by atoms with Crippen molar-refractivity contribution in [2.24, 2.45) is 0 Å². The second-order valence-corrected chi connectivity index (χ2v) is 6.28. The number of aromatic nitrogens is 1. The van der Waals surface area contributed by atoms with Gasteiger partial charge < -0.3 is 0 Å². The van der Waals surface area contributed by atoms with Crippen LogP contribution in [0.5, 0.6) is 0 Å². The van der Waals surface area contributed by atoms with Crippen LogP contribution in [0.2, 0.25) is 5.02 Å². The third-order valence-electron chi connectivity index (χ3n) is 3.83. The largest absolute Gasteiger partial charge is 0.297 e. The fourth-order valence-corrected chi connectivity index (χ4v) is 3.15. The van der Waals surface area contributed by atoms with Gasteiger partial charge in [0.2, 0.25) is 0 Å². The van der Waals surface area contributed by atoms with Crippen LogP contribution in [0, 0.1) is 0 Å². The Morgan fingerprint density at radius 2 is 2.00 bits per heavy atom. The van der Waals surface area contributed by atoms with E-state index >= 15 is 0 Å². The molecule has 0 N–H and O–H groups in total. The van der Waals surface area contributed by atoms with Crippen molar-refractivity contribution in [2.75, 3.05) is 4.90 Å². The SMILES string of the molecule is CC1(C)c2ccc(Cl)cc2C(=O)N1c1cncc(CCl)c1. The molecule has 0 radical (unpaired) electrons. The van der Waals surface area contributed by atoms with Crippen molar-refractivity contribution >= 4 is 34.8 Å². The standard InChI is InChI=1S/C16H14Cl2N2O/c1-16(2)14-4-3-11(18)6-13(14)15(21)20(16)12-5-10(7-17)8-19-9-12/h3-6,8-9H,7H2,1-2H3.